The number of nitrogens with zero attached hydrogens (tertiary/aromatic N) is 4. The van der Waals surface area contributed by atoms with Crippen LogP contribution < -0.4 is 0 Å². The van der Waals surface area contributed by atoms with E-state index in [0.717, 1.165) is 11.8 Å². The standard InChI is InChI=1S/C20H18F3N5O.Na/c1-10-15-18(27-17(25-15)13-9-14(28-29-13)19(2,3)4)26-16(24-10)11-7-5-6-8-12(11)20(21,22)23;/h5-9H,1-4H3,(H,24,25,26,27);. The molecule has 1 N–H and O–H groups in total. The molecule has 30 heavy (non-hydrogen) atoms. The fourth-order valence-electron chi connectivity index (χ4n) is 2.94. The number of aromatic amines is 1. The second-order valence-electron chi connectivity index (χ2n) is 7.79. The zero-order chi connectivity index (χ0) is 21.0. The van der Waals surface area contributed by atoms with Gasteiger partial charge in [0.05, 0.1) is 17.0 Å². The Labute approximate surface area is 192 Å². The number of halogens is 3. The molecule has 0 aliphatic rings. The molecule has 10 heteroatoms. The van der Waals surface area contributed by atoms with Crippen molar-refractivity contribution in [3.63, 3.8) is 0 Å². The van der Waals surface area contributed by atoms with Gasteiger partial charge in [0.15, 0.2) is 17.3 Å². The van der Waals surface area contributed by atoms with Gasteiger partial charge in [0.1, 0.15) is 5.52 Å². The van der Waals surface area contributed by atoms with E-state index in [1.165, 1.54) is 18.2 Å². The monoisotopic (exact) mass is 424 g/mol. The van der Waals surface area contributed by atoms with Crippen LogP contribution >= 0.6 is 0 Å². The largest absolute Gasteiger partial charge is 0.417 e. The minimum absolute atomic E-state index is 0. The summed E-state index contributed by atoms with van der Waals surface area (Å²) in [5.41, 5.74) is 0.948. The second kappa shape index (κ2) is 7.79. The zero-order valence-electron chi connectivity index (χ0n) is 17.2. The number of fused-ring (bicyclic) bond motifs is 1. The quantitative estimate of drug-likeness (QED) is 0.462. The number of hydrogen-bond donors (Lipinski definition) is 1. The maximum absolute atomic E-state index is 13.4. The first-order valence-electron chi connectivity index (χ1n) is 8.92. The van der Waals surface area contributed by atoms with Gasteiger partial charge in [-0.25, -0.2) is 15.0 Å². The van der Waals surface area contributed by atoms with Crippen LogP contribution in [-0.2, 0) is 11.6 Å². The molecule has 0 spiro atoms. The number of benzene rings is 1. The van der Waals surface area contributed by atoms with Gasteiger partial charge in [-0.3, -0.25) is 0 Å². The Morgan fingerprint density at radius 2 is 1.70 bits per heavy atom. The summed E-state index contributed by atoms with van der Waals surface area (Å²) in [5, 5.41) is 4.06. The average Bonchev–Trinajstić information content (AvgIpc) is 3.27. The SMILES string of the molecule is Cc1nc(-c2ccccc2C(F)(F)F)nc2nc(-c3cc(C(C)(C)C)no3)[nH]c12.[Na]. The predicted octanol–water partition coefficient (Wildman–Crippen LogP) is 4.92. The van der Waals surface area contributed by atoms with E-state index in [-0.39, 0.29) is 52.0 Å². The van der Waals surface area contributed by atoms with Crippen LogP contribution in [0.15, 0.2) is 34.9 Å². The van der Waals surface area contributed by atoms with Crippen LogP contribution in [0.4, 0.5) is 13.2 Å². The molecule has 3 aromatic heterocycles. The van der Waals surface area contributed by atoms with Gasteiger partial charge >= 0.3 is 6.18 Å². The van der Waals surface area contributed by atoms with E-state index in [1.54, 1.807) is 13.0 Å². The van der Waals surface area contributed by atoms with E-state index in [0.29, 0.717) is 22.8 Å². The summed E-state index contributed by atoms with van der Waals surface area (Å²) in [7, 11) is 0. The van der Waals surface area contributed by atoms with E-state index < -0.39 is 11.7 Å². The summed E-state index contributed by atoms with van der Waals surface area (Å²) in [5.74, 6) is 0.778. The Kier molecular flexibility index (Phi) is 5.83. The third-order valence-corrected chi connectivity index (χ3v) is 4.52. The first-order valence-corrected chi connectivity index (χ1v) is 8.92. The molecule has 0 atom stereocenters. The minimum Gasteiger partial charge on any atom is -0.353 e. The molecule has 0 aliphatic heterocycles. The third-order valence-electron chi connectivity index (χ3n) is 4.52. The summed E-state index contributed by atoms with van der Waals surface area (Å²) in [4.78, 5) is 16.0. The van der Waals surface area contributed by atoms with Crippen molar-refractivity contribution in [1.82, 2.24) is 25.1 Å². The van der Waals surface area contributed by atoms with Crippen LogP contribution in [0.3, 0.4) is 0 Å². The molecular weight excluding hydrogens is 406 g/mol. The van der Waals surface area contributed by atoms with Crippen LogP contribution in [0.1, 0.15) is 37.7 Å². The molecule has 1 aromatic carbocycles. The molecule has 4 rings (SSSR count). The van der Waals surface area contributed by atoms with Gasteiger partial charge in [0.25, 0.3) is 0 Å². The van der Waals surface area contributed by atoms with Crippen molar-refractivity contribution in [3.05, 3.63) is 47.3 Å². The molecule has 0 aliphatic carbocycles. The number of hydrogen-bond acceptors (Lipinski definition) is 5. The number of H-pyrrole nitrogens is 1. The first kappa shape index (κ1) is 22.5. The van der Waals surface area contributed by atoms with Crippen LogP contribution in [0, 0.1) is 6.92 Å². The Morgan fingerprint density at radius 3 is 2.33 bits per heavy atom. The van der Waals surface area contributed by atoms with Gasteiger partial charge in [0.2, 0.25) is 5.76 Å². The molecular formula is C20H18F3N5NaO. The van der Waals surface area contributed by atoms with E-state index >= 15 is 0 Å². The molecule has 0 fully saturated rings. The molecule has 0 saturated heterocycles. The fourth-order valence-corrected chi connectivity index (χ4v) is 2.94. The first-order chi connectivity index (χ1) is 13.5. The summed E-state index contributed by atoms with van der Waals surface area (Å²) in [6.07, 6.45) is -4.51. The summed E-state index contributed by atoms with van der Waals surface area (Å²) >= 11 is 0. The smallest absolute Gasteiger partial charge is 0.353 e. The van der Waals surface area contributed by atoms with Gasteiger partial charge in [0, 0.05) is 46.6 Å². The number of rotatable bonds is 2. The van der Waals surface area contributed by atoms with E-state index in [2.05, 4.69) is 25.1 Å². The van der Waals surface area contributed by atoms with Crippen molar-refractivity contribution in [2.24, 2.45) is 0 Å². The van der Waals surface area contributed by atoms with E-state index in [4.69, 9.17) is 4.52 Å². The summed E-state index contributed by atoms with van der Waals surface area (Å²) < 4.78 is 45.5. The maximum atomic E-state index is 13.4. The van der Waals surface area contributed by atoms with Crippen LogP contribution in [0.2, 0.25) is 0 Å². The zero-order valence-corrected chi connectivity index (χ0v) is 19.2. The Hall–Kier alpha value is -2.23. The van der Waals surface area contributed by atoms with Gasteiger partial charge in [-0.1, -0.05) is 44.1 Å². The topological polar surface area (TPSA) is 80.5 Å². The van der Waals surface area contributed by atoms with Crippen molar-refractivity contribution < 1.29 is 17.7 Å². The molecule has 1 radical (unpaired) electrons. The normalized spacial score (nSPS) is 12.2. The summed E-state index contributed by atoms with van der Waals surface area (Å²) in [6, 6.07) is 6.99. The van der Waals surface area contributed by atoms with Crippen LogP contribution in [0.5, 0.6) is 0 Å². The molecule has 0 amide bonds. The number of nitrogens with one attached hydrogen (secondary N) is 1. The molecule has 4 aromatic rings. The van der Waals surface area contributed by atoms with E-state index in [1.807, 2.05) is 20.8 Å². The van der Waals surface area contributed by atoms with Crippen molar-refractivity contribution in [2.45, 2.75) is 39.3 Å². The molecule has 0 saturated carbocycles. The second-order valence-corrected chi connectivity index (χ2v) is 7.79. The van der Waals surface area contributed by atoms with Crippen molar-refractivity contribution in [2.75, 3.05) is 0 Å². The molecule has 151 valence electrons. The Morgan fingerprint density at radius 1 is 1.00 bits per heavy atom. The van der Waals surface area contributed by atoms with Crippen molar-refractivity contribution in [3.8, 4) is 23.0 Å². The summed E-state index contributed by atoms with van der Waals surface area (Å²) in [6.45, 7) is 7.71. The third kappa shape index (κ3) is 4.14. The molecule has 0 unspecified atom stereocenters. The van der Waals surface area contributed by atoms with Crippen LogP contribution in [-0.4, -0.2) is 54.6 Å². The Bertz CT molecular complexity index is 1210. The fraction of sp³-hybridized carbons (Fsp3) is 0.300. The molecule has 3 heterocycles. The maximum Gasteiger partial charge on any atom is 0.417 e. The number of alkyl halides is 3. The van der Waals surface area contributed by atoms with E-state index in [9.17, 15) is 13.2 Å². The average molecular weight is 424 g/mol. The Balaban J connectivity index is 0.00000256. The molecule has 0 bridgehead atoms. The van der Waals surface area contributed by atoms with Gasteiger partial charge < -0.3 is 9.51 Å². The van der Waals surface area contributed by atoms with Crippen molar-refractivity contribution in [1.29, 1.82) is 0 Å². The van der Waals surface area contributed by atoms with Crippen LogP contribution in [0.25, 0.3) is 34.1 Å². The molecule has 6 nitrogen and oxygen atoms in total. The van der Waals surface area contributed by atoms with Crippen molar-refractivity contribution >= 4 is 40.7 Å². The number of imidazole rings is 1. The minimum atomic E-state index is -4.51. The van der Waals surface area contributed by atoms with Gasteiger partial charge in [-0.15, -0.1) is 0 Å². The van der Waals surface area contributed by atoms with Gasteiger partial charge in [-0.05, 0) is 13.0 Å². The number of aromatic nitrogens is 5. The van der Waals surface area contributed by atoms with Gasteiger partial charge in [-0.2, -0.15) is 13.2 Å². The predicted molar refractivity (Wildman–Crippen MR) is 107 cm³/mol. The number of aryl methyl sites for hydroxylation is 1.